The third-order valence-electron chi connectivity index (χ3n) is 3.55. The molecule has 0 saturated heterocycles. The van der Waals surface area contributed by atoms with Crippen molar-refractivity contribution in [2.24, 2.45) is 0 Å². The van der Waals surface area contributed by atoms with E-state index in [1.165, 1.54) is 40.6 Å². The molecule has 0 radical (unpaired) electrons. The van der Waals surface area contributed by atoms with Gasteiger partial charge in [-0.05, 0) is 30.0 Å². The minimum absolute atomic E-state index is 1.10. The fraction of sp³-hybridized carbons (Fsp3) is 0.235. The molecule has 0 unspecified atom stereocenters. The van der Waals surface area contributed by atoms with E-state index in [9.17, 15) is 0 Å². The van der Waals surface area contributed by atoms with E-state index in [0.29, 0.717) is 0 Å². The lowest BCUT2D eigenvalue weighted by molar-refractivity contribution is 0.799. The van der Waals surface area contributed by atoms with Gasteiger partial charge in [0, 0.05) is 29.0 Å². The van der Waals surface area contributed by atoms with E-state index in [1.54, 1.807) is 0 Å². The van der Waals surface area contributed by atoms with Gasteiger partial charge >= 0.3 is 0 Å². The molecule has 0 atom stereocenters. The maximum atomic E-state index is 4.27. The molecule has 2 heterocycles. The lowest BCUT2D eigenvalue weighted by atomic mass is 10.0. The molecule has 3 aromatic rings. The second-order valence-corrected chi connectivity index (χ2v) is 4.87. The molecule has 2 nitrogen and oxygen atoms in total. The Balaban J connectivity index is 2.17. The molecule has 2 aromatic heterocycles. The van der Waals surface area contributed by atoms with E-state index in [0.717, 1.165) is 6.42 Å². The number of nitrogens with zero attached hydrogens (tertiary/aromatic N) is 1. The van der Waals surface area contributed by atoms with Crippen molar-refractivity contribution >= 4 is 10.9 Å². The van der Waals surface area contributed by atoms with E-state index >= 15 is 0 Å². The molecule has 0 amide bonds. The fourth-order valence-corrected chi connectivity index (χ4v) is 2.55. The summed E-state index contributed by atoms with van der Waals surface area (Å²) >= 11 is 0. The summed E-state index contributed by atoms with van der Waals surface area (Å²) in [7, 11) is 0. The first-order valence-electron chi connectivity index (χ1n) is 6.90. The predicted octanol–water partition coefficient (Wildman–Crippen LogP) is 4.57. The fourth-order valence-electron chi connectivity index (χ4n) is 2.55. The van der Waals surface area contributed by atoms with Crippen molar-refractivity contribution in [3.8, 4) is 11.3 Å². The summed E-state index contributed by atoms with van der Waals surface area (Å²) in [6, 6.07) is 12.6. The lowest BCUT2D eigenvalue weighted by Crippen LogP contribution is -1.88. The van der Waals surface area contributed by atoms with Crippen LogP contribution in [0.3, 0.4) is 0 Å². The van der Waals surface area contributed by atoms with E-state index in [4.69, 9.17) is 0 Å². The molecule has 1 N–H and O–H groups in total. The Labute approximate surface area is 113 Å². The number of aryl methyl sites for hydroxylation is 1. The minimum Gasteiger partial charge on any atom is -0.354 e. The van der Waals surface area contributed by atoms with Gasteiger partial charge in [0.25, 0.3) is 0 Å². The number of fused-ring (bicyclic) bond motifs is 1. The largest absolute Gasteiger partial charge is 0.354 e. The van der Waals surface area contributed by atoms with Crippen molar-refractivity contribution in [1.82, 2.24) is 9.97 Å². The van der Waals surface area contributed by atoms with Crippen LogP contribution in [0.25, 0.3) is 22.2 Å². The van der Waals surface area contributed by atoms with Gasteiger partial charge < -0.3 is 4.98 Å². The van der Waals surface area contributed by atoms with E-state index < -0.39 is 0 Å². The van der Waals surface area contributed by atoms with Crippen LogP contribution in [-0.2, 0) is 6.42 Å². The molecular formula is C17H18N2. The number of H-pyrrole nitrogens is 1. The summed E-state index contributed by atoms with van der Waals surface area (Å²) < 4.78 is 0. The topological polar surface area (TPSA) is 28.7 Å². The molecule has 0 saturated carbocycles. The molecule has 0 spiro atoms. The van der Waals surface area contributed by atoms with Crippen LogP contribution < -0.4 is 0 Å². The number of nitrogens with one attached hydrogen (secondary N) is 1. The molecule has 0 aliphatic carbocycles. The Morgan fingerprint density at radius 3 is 2.74 bits per heavy atom. The van der Waals surface area contributed by atoms with Crippen molar-refractivity contribution in [2.45, 2.75) is 26.2 Å². The Hall–Kier alpha value is -2.09. The average Bonchev–Trinajstić information content (AvgIpc) is 2.85. The third kappa shape index (κ3) is 2.26. The van der Waals surface area contributed by atoms with Crippen molar-refractivity contribution in [3.63, 3.8) is 0 Å². The normalized spacial score (nSPS) is 11.0. The second kappa shape index (κ2) is 5.27. The predicted molar refractivity (Wildman–Crippen MR) is 80.1 cm³/mol. The van der Waals surface area contributed by atoms with Gasteiger partial charge in [0.15, 0.2) is 0 Å². The highest BCUT2D eigenvalue weighted by molar-refractivity contribution is 5.90. The van der Waals surface area contributed by atoms with Crippen LogP contribution in [0.4, 0.5) is 0 Å². The van der Waals surface area contributed by atoms with Gasteiger partial charge in [-0.25, -0.2) is 0 Å². The number of aromatic amines is 1. The third-order valence-corrected chi connectivity index (χ3v) is 3.55. The molecule has 0 aliphatic rings. The number of benzene rings is 1. The maximum absolute atomic E-state index is 4.27. The first-order chi connectivity index (χ1) is 9.40. The molecule has 3 rings (SSSR count). The van der Waals surface area contributed by atoms with Gasteiger partial charge in [0.1, 0.15) is 0 Å². The molecule has 0 bridgehead atoms. The Bertz CT molecular complexity index is 668. The quantitative estimate of drug-likeness (QED) is 0.721. The summed E-state index contributed by atoms with van der Waals surface area (Å²) in [6.45, 7) is 2.23. The van der Waals surface area contributed by atoms with Crippen LogP contribution in [-0.4, -0.2) is 9.97 Å². The number of aromatic nitrogens is 2. The van der Waals surface area contributed by atoms with Crippen LogP contribution in [0.2, 0.25) is 0 Å². The highest BCUT2D eigenvalue weighted by atomic mass is 14.7. The first-order valence-corrected chi connectivity index (χ1v) is 6.90. The number of rotatable bonds is 4. The lowest BCUT2D eigenvalue weighted by Gasteiger charge is -2.04. The van der Waals surface area contributed by atoms with Gasteiger partial charge in [-0.1, -0.05) is 43.7 Å². The summed E-state index contributed by atoms with van der Waals surface area (Å²) in [6.07, 6.45) is 7.34. The number of unbranched alkanes of at least 4 members (excludes halogenated alkanes) is 1. The zero-order valence-corrected chi connectivity index (χ0v) is 11.2. The van der Waals surface area contributed by atoms with E-state index in [1.807, 2.05) is 12.4 Å². The molecular weight excluding hydrogens is 232 g/mol. The Morgan fingerprint density at radius 1 is 1.11 bits per heavy atom. The second-order valence-electron chi connectivity index (χ2n) is 4.87. The highest BCUT2D eigenvalue weighted by Gasteiger charge is 2.12. The van der Waals surface area contributed by atoms with Gasteiger partial charge in [0.05, 0.1) is 0 Å². The summed E-state index contributed by atoms with van der Waals surface area (Å²) in [5, 5.41) is 1.26. The zero-order valence-electron chi connectivity index (χ0n) is 11.2. The van der Waals surface area contributed by atoms with Gasteiger partial charge in [-0.3, -0.25) is 4.98 Å². The van der Waals surface area contributed by atoms with Gasteiger partial charge in [0.2, 0.25) is 0 Å². The highest BCUT2D eigenvalue weighted by Crippen LogP contribution is 2.30. The Kier molecular flexibility index (Phi) is 3.32. The monoisotopic (exact) mass is 250 g/mol. The zero-order chi connectivity index (χ0) is 13.1. The van der Waals surface area contributed by atoms with Crippen molar-refractivity contribution in [1.29, 1.82) is 0 Å². The van der Waals surface area contributed by atoms with Gasteiger partial charge in [-0.2, -0.15) is 0 Å². The standard InChI is InChI=1S/C17H18N2/c1-2-3-9-14-15-12-18-11-10-16(15)19-17(14)13-7-5-4-6-8-13/h4-8,10-12,19H,2-3,9H2,1H3. The SMILES string of the molecule is CCCCc1c(-c2ccccc2)[nH]c2ccncc12. The molecule has 19 heavy (non-hydrogen) atoms. The molecule has 96 valence electrons. The number of pyridine rings is 1. The van der Waals surface area contributed by atoms with Crippen molar-refractivity contribution < 1.29 is 0 Å². The van der Waals surface area contributed by atoms with Crippen molar-refractivity contribution in [3.05, 3.63) is 54.4 Å². The summed E-state index contributed by atoms with van der Waals surface area (Å²) in [5.41, 5.74) is 5.08. The maximum Gasteiger partial charge on any atom is 0.0497 e. The van der Waals surface area contributed by atoms with Crippen molar-refractivity contribution in [2.75, 3.05) is 0 Å². The van der Waals surface area contributed by atoms with Crippen LogP contribution >= 0.6 is 0 Å². The molecule has 1 aromatic carbocycles. The van der Waals surface area contributed by atoms with E-state index in [-0.39, 0.29) is 0 Å². The van der Waals surface area contributed by atoms with Crippen LogP contribution in [0, 0.1) is 0 Å². The number of hydrogen-bond acceptors (Lipinski definition) is 1. The van der Waals surface area contributed by atoms with Crippen LogP contribution in [0.5, 0.6) is 0 Å². The average molecular weight is 250 g/mol. The molecule has 0 fully saturated rings. The van der Waals surface area contributed by atoms with E-state index in [2.05, 4.69) is 53.3 Å². The summed E-state index contributed by atoms with van der Waals surface area (Å²) in [5.74, 6) is 0. The molecule has 2 heteroatoms. The Morgan fingerprint density at radius 2 is 1.95 bits per heavy atom. The first kappa shape index (κ1) is 12.0. The van der Waals surface area contributed by atoms with Crippen LogP contribution in [0.1, 0.15) is 25.3 Å². The minimum atomic E-state index is 1.10. The number of hydrogen-bond donors (Lipinski definition) is 1. The molecule has 0 aliphatic heterocycles. The summed E-state index contributed by atoms with van der Waals surface area (Å²) in [4.78, 5) is 7.82. The van der Waals surface area contributed by atoms with Gasteiger partial charge in [-0.15, -0.1) is 0 Å². The van der Waals surface area contributed by atoms with Crippen LogP contribution in [0.15, 0.2) is 48.8 Å². The smallest absolute Gasteiger partial charge is 0.0497 e.